The smallest absolute Gasteiger partial charge is 0.262 e. The minimum atomic E-state index is -0.246. The molecule has 2 heterocycles. The van der Waals surface area contributed by atoms with Crippen molar-refractivity contribution in [3.8, 4) is 0 Å². The van der Waals surface area contributed by atoms with Crippen LogP contribution in [0.3, 0.4) is 0 Å². The molecule has 0 radical (unpaired) electrons. The summed E-state index contributed by atoms with van der Waals surface area (Å²) in [6, 6.07) is 0. The van der Waals surface area contributed by atoms with Crippen LogP contribution in [0.15, 0.2) is 11.1 Å². The Hall–Kier alpha value is -1.73. The second kappa shape index (κ2) is 6.41. The molecule has 0 aromatic carbocycles. The van der Waals surface area contributed by atoms with Crippen molar-refractivity contribution in [1.29, 1.82) is 0 Å². The molecule has 0 spiro atoms. The van der Waals surface area contributed by atoms with Crippen molar-refractivity contribution < 1.29 is 9.90 Å². The summed E-state index contributed by atoms with van der Waals surface area (Å²) in [4.78, 5) is 30.0. The molecule has 0 bridgehead atoms. The lowest BCUT2D eigenvalue weighted by Gasteiger charge is -2.25. The van der Waals surface area contributed by atoms with Gasteiger partial charge in [-0.3, -0.25) is 9.59 Å². The van der Waals surface area contributed by atoms with Crippen LogP contribution in [0.5, 0.6) is 0 Å². The molecule has 7 heteroatoms. The summed E-state index contributed by atoms with van der Waals surface area (Å²) in [5, 5.41) is 13.2. The summed E-state index contributed by atoms with van der Waals surface area (Å²) in [6.45, 7) is 2.36. The highest BCUT2D eigenvalue weighted by atomic mass is 32.1. The van der Waals surface area contributed by atoms with Crippen molar-refractivity contribution in [2.45, 2.75) is 38.7 Å². The van der Waals surface area contributed by atoms with Crippen LogP contribution >= 0.6 is 11.3 Å². The summed E-state index contributed by atoms with van der Waals surface area (Å²) in [5.74, 6) is 0.163. The topological polar surface area (TPSA) is 84.2 Å². The number of fused-ring (bicyclic) bond motifs is 1. The number of aromatic nitrogens is 2. The van der Waals surface area contributed by atoms with Gasteiger partial charge in [0.25, 0.3) is 11.5 Å². The molecule has 2 unspecified atom stereocenters. The molecule has 2 aromatic rings. The molecule has 3 rings (SSSR count). The highest BCUT2D eigenvalue weighted by Gasteiger charge is 2.23. The Kier molecular flexibility index (Phi) is 4.50. The van der Waals surface area contributed by atoms with Gasteiger partial charge in [0, 0.05) is 13.6 Å². The molecule has 1 fully saturated rings. The van der Waals surface area contributed by atoms with Crippen molar-refractivity contribution in [1.82, 2.24) is 14.9 Å². The molecule has 2 aromatic heterocycles. The second-order valence-electron chi connectivity index (χ2n) is 6.29. The number of aryl methyl sites for hydroxylation is 2. The predicted octanol–water partition coefficient (Wildman–Crippen LogP) is 1.58. The first kappa shape index (κ1) is 16.1. The van der Waals surface area contributed by atoms with E-state index in [0.717, 1.165) is 25.7 Å². The minimum absolute atomic E-state index is 0.127. The van der Waals surface area contributed by atoms with E-state index in [2.05, 4.69) is 10.3 Å². The average molecular weight is 335 g/mol. The summed E-state index contributed by atoms with van der Waals surface area (Å²) in [7, 11) is 1.65. The zero-order valence-corrected chi connectivity index (χ0v) is 14.2. The van der Waals surface area contributed by atoms with Crippen LogP contribution < -0.4 is 10.9 Å². The van der Waals surface area contributed by atoms with Gasteiger partial charge < -0.3 is 15.0 Å². The van der Waals surface area contributed by atoms with Crippen LogP contribution in [-0.2, 0) is 7.05 Å². The fourth-order valence-corrected chi connectivity index (χ4v) is 4.25. The molecule has 124 valence electrons. The van der Waals surface area contributed by atoms with Crippen molar-refractivity contribution in [3.05, 3.63) is 27.1 Å². The van der Waals surface area contributed by atoms with E-state index in [0.29, 0.717) is 33.1 Å². The first-order valence-electron chi connectivity index (χ1n) is 7.88. The molecular formula is C16H21N3O3S. The maximum Gasteiger partial charge on any atom is 0.262 e. The predicted molar refractivity (Wildman–Crippen MR) is 89.9 cm³/mol. The van der Waals surface area contributed by atoms with Crippen molar-refractivity contribution in [3.63, 3.8) is 0 Å². The second-order valence-corrected chi connectivity index (χ2v) is 7.29. The van der Waals surface area contributed by atoms with E-state index < -0.39 is 0 Å². The Morgan fingerprint density at radius 1 is 1.52 bits per heavy atom. The van der Waals surface area contributed by atoms with E-state index in [1.54, 1.807) is 14.0 Å². The van der Waals surface area contributed by atoms with Gasteiger partial charge in [-0.15, -0.1) is 11.3 Å². The number of nitrogens with zero attached hydrogens (tertiary/aromatic N) is 2. The number of hydrogen-bond acceptors (Lipinski definition) is 5. The van der Waals surface area contributed by atoms with Crippen LogP contribution in [-0.4, -0.2) is 33.2 Å². The zero-order chi connectivity index (χ0) is 16.6. The number of hydrogen-bond donors (Lipinski definition) is 2. The van der Waals surface area contributed by atoms with Gasteiger partial charge in [0.15, 0.2) is 0 Å². The summed E-state index contributed by atoms with van der Waals surface area (Å²) in [6.07, 6.45) is 4.87. The number of carbonyl (C=O) groups is 1. The lowest BCUT2D eigenvalue weighted by atomic mass is 9.87. The van der Waals surface area contributed by atoms with Gasteiger partial charge in [-0.2, -0.15) is 0 Å². The molecule has 0 aliphatic heterocycles. The van der Waals surface area contributed by atoms with Gasteiger partial charge >= 0.3 is 0 Å². The Morgan fingerprint density at radius 3 is 3.04 bits per heavy atom. The van der Waals surface area contributed by atoms with Gasteiger partial charge in [0.1, 0.15) is 4.83 Å². The zero-order valence-electron chi connectivity index (χ0n) is 13.3. The van der Waals surface area contributed by atoms with Crippen LogP contribution in [0, 0.1) is 12.8 Å². The number of amides is 1. The van der Waals surface area contributed by atoms with Crippen LogP contribution in [0.1, 0.15) is 40.9 Å². The monoisotopic (exact) mass is 335 g/mol. The number of aliphatic hydroxyl groups excluding tert-OH is 1. The number of rotatable bonds is 3. The lowest BCUT2D eigenvalue weighted by molar-refractivity contribution is 0.0876. The Labute approximate surface area is 138 Å². The molecule has 1 aliphatic rings. The largest absolute Gasteiger partial charge is 0.393 e. The molecule has 6 nitrogen and oxygen atoms in total. The van der Waals surface area contributed by atoms with Gasteiger partial charge in [-0.25, -0.2) is 4.98 Å². The van der Waals surface area contributed by atoms with Crippen LogP contribution in [0.4, 0.5) is 0 Å². The molecule has 1 aliphatic carbocycles. The molecule has 2 atom stereocenters. The van der Waals surface area contributed by atoms with E-state index in [4.69, 9.17) is 0 Å². The van der Waals surface area contributed by atoms with Crippen LogP contribution in [0.25, 0.3) is 10.2 Å². The number of carbonyl (C=O) groups excluding carboxylic acids is 1. The number of thiophene rings is 1. The van der Waals surface area contributed by atoms with Crippen molar-refractivity contribution >= 4 is 27.5 Å². The average Bonchev–Trinajstić information content (AvgIpc) is 2.86. The maximum absolute atomic E-state index is 12.5. The summed E-state index contributed by atoms with van der Waals surface area (Å²) < 4.78 is 1.42. The molecule has 1 saturated carbocycles. The highest BCUT2D eigenvalue weighted by Crippen LogP contribution is 2.27. The van der Waals surface area contributed by atoms with E-state index in [9.17, 15) is 14.7 Å². The Bertz CT molecular complexity index is 796. The van der Waals surface area contributed by atoms with Crippen LogP contribution in [0.2, 0.25) is 0 Å². The SMILES string of the molecule is Cc1c(C(=O)NCC2CCCC(O)C2)sc2ncn(C)c(=O)c12. The molecule has 1 amide bonds. The number of nitrogens with one attached hydrogen (secondary N) is 1. The Balaban J connectivity index is 1.77. The molecule has 23 heavy (non-hydrogen) atoms. The summed E-state index contributed by atoms with van der Waals surface area (Å²) >= 11 is 1.26. The van der Waals surface area contributed by atoms with E-state index >= 15 is 0 Å². The first-order chi connectivity index (χ1) is 11.0. The molecule has 2 N–H and O–H groups in total. The third-order valence-electron chi connectivity index (χ3n) is 4.52. The number of aliphatic hydroxyl groups is 1. The Morgan fingerprint density at radius 2 is 2.30 bits per heavy atom. The summed E-state index contributed by atoms with van der Waals surface area (Å²) in [5.41, 5.74) is 0.568. The van der Waals surface area contributed by atoms with E-state index in [1.165, 1.54) is 22.2 Å². The van der Waals surface area contributed by atoms with E-state index in [1.807, 2.05) is 0 Å². The van der Waals surface area contributed by atoms with Gasteiger partial charge in [0.2, 0.25) is 0 Å². The minimum Gasteiger partial charge on any atom is -0.393 e. The quantitative estimate of drug-likeness (QED) is 0.892. The first-order valence-corrected chi connectivity index (χ1v) is 8.70. The molecular weight excluding hydrogens is 314 g/mol. The van der Waals surface area contributed by atoms with Gasteiger partial charge in [0.05, 0.1) is 22.7 Å². The normalized spacial score (nSPS) is 21.5. The van der Waals surface area contributed by atoms with Gasteiger partial charge in [-0.05, 0) is 37.7 Å². The lowest BCUT2D eigenvalue weighted by Crippen LogP contribution is -2.32. The molecule has 0 saturated heterocycles. The standard InChI is InChI=1S/C16H21N3O3S/c1-9-12-15(18-8-19(2)16(12)22)23-13(9)14(21)17-7-10-4-3-5-11(20)6-10/h8,10-11,20H,3-7H2,1-2H3,(H,17,21). The van der Waals surface area contributed by atoms with E-state index in [-0.39, 0.29) is 17.6 Å². The fraction of sp³-hybridized carbons (Fsp3) is 0.562. The maximum atomic E-state index is 12.5. The van der Waals surface area contributed by atoms with Crippen molar-refractivity contribution in [2.24, 2.45) is 13.0 Å². The van der Waals surface area contributed by atoms with Gasteiger partial charge in [-0.1, -0.05) is 6.42 Å². The van der Waals surface area contributed by atoms with Crippen molar-refractivity contribution in [2.75, 3.05) is 6.54 Å². The third-order valence-corrected chi connectivity index (χ3v) is 5.72. The highest BCUT2D eigenvalue weighted by molar-refractivity contribution is 7.20. The fourth-order valence-electron chi connectivity index (χ4n) is 3.19. The third kappa shape index (κ3) is 3.16.